The van der Waals surface area contributed by atoms with E-state index in [4.69, 9.17) is 27.6 Å². The normalized spacial score (nSPS) is 27.2. The summed E-state index contributed by atoms with van der Waals surface area (Å²) in [5.74, 6) is -0.894. The van der Waals surface area contributed by atoms with E-state index in [1.807, 2.05) is 13.8 Å². The second-order valence-corrected chi connectivity index (χ2v) is 12.7. The van der Waals surface area contributed by atoms with Crippen LogP contribution < -0.4 is 0 Å². The summed E-state index contributed by atoms with van der Waals surface area (Å²) >= 11 is 0. The van der Waals surface area contributed by atoms with Gasteiger partial charge in [-0.1, -0.05) is 6.42 Å². The van der Waals surface area contributed by atoms with Crippen molar-refractivity contribution in [1.82, 2.24) is 0 Å². The van der Waals surface area contributed by atoms with Crippen LogP contribution in [0.15, 0.2) is 0 Å². The Kier molecular flexibility index (Phi) is 10.0. The van der Waals surface area contributed by atoms with Crippen molar-refractivity contribution in [3.8, 4) is 0 Å². The third-order valence-corrected chi connectivity index (χ3v) is 11.9. The summed E-state index contributed by atoms with van der Waals surface area (Å²) in [4.78, 5) is 0. The van der Waals surface area contributed by atoms with E-state index < -0.39 is 26.4 Å². The Bertz CT molecular complexity index is 568. The van der Waals surface area contributed by atoms with Crippen LogP contribution in [0.3, 0.4) is 0 Å². The maximum atomic E-state index is 13.9. The summed E-state index contributed by atoms with van der Waals surface area (Å²) in [6.07, 6.45) is 3.72. The Morgan fingerprint density at radius 3 is 1.67 bits per heavy atom. The zero-order valence-corrected chi connectivity index (χ0v) is 21.1. The van der Waals surface area contributed by atoms with E-state index in [9.17, 15) is 9.13 Å². The molecule has 2 aliphatic rings. The largest absolute Gasteiger partial charge is 0.345 e. The van der Waals surface area contributed by atoms with Crippen LogP contribution in [0, 0.1) is 5.92 Å². The van der Waals surface area contributed by atoms with Crippen LogP contribution >= 0.6 is 15.2 Å². The van der Waals surface area contributed by atoms with Gasteiger partial charge < -0.3 is 27.6 Å². The molecule has 8 nitrogen and oxygen atoms in total. The molecular weight excluding hydrogens is 430 g/mol. The third kappa shape index (κ3) is 5.77. The molecule has 0 aromatic heterocycles. The smallest absolute Gasteiger partial charge is 0.344 e. The third-order valence-electron chi connectivity index (χ3n) is 5.84. The van der Waals surface area contributed by atoms with Gasteiger partial charge in [0, 0.05) is 12.3 Å². The van der Waals surface area contributed by atoms with E-state index in [1.165, 1.54) is 0 Å². The molecule has 0 unspecified atom stereocenters. The van der Waals surface area contributed by atoms with Crippen LogP contribution in [0.2, 0.25) is 0 Å². The molecule has 1 heterocycles. The molecule has 3 atom stereocenters. The maximum absolute atomic E-state index is 13.9. The minimum atomic E-state index is -3.79. The number of hydrogen-bond donors (Lipinski definition) is 0. The van der Waals surface area contributed by atoms with E-state index >= 15 is 0 Å². The molecule has 30 heavy (non-hydrogen) atoms. The molecule has 1 aliphatic carbocycles. The molecule has 0 radical (unpaired) electrons. The quantitative estimate of drug-likeness (QED) is 0.324. The molecule has 0 aromatic rings. The molecule has 0 amide bonds. The van der Waals surface area contributed by atoms with Gasteiger partial charge in [-0.05, 0) is 60.8 Å². The summed E-state index contributed by atoms with van der Waals surface area (Å²) in [6.45, 7) is 11.6. The van der Waals surface area contributed by atoms with Gasteiger partial charge in [-0.25, -0.2) is 0 Å². The number of rotatable bonds is 12. The Hall–Kier alpha value is 0.220. The standard InChI is InChI=1S/C20H40O8P2/c1-7-23-29(21,24-8-2)19(30(22,25-9-3)26-10-4)15-18-13-11-12-14-20(18)27-16(5)17(6)28-20/h16-19H,7-15H2,1-6H3/t16-,17-,18-/m0/s1. The van der Waals surface area contributed by atoms with Crippen molar-refractivity contribution in [2.45, 2.75) is 97.0 Å². The highest BCUT2D eigenvalue weighted by Crippen LogP contribution is 2.72. The SMILES string of the molecule is CCOP(=O)(OCC)C(C[C@@H]1CCCCC12O[C@@H](C)[C@H](C)O2)P(=O)(OCC)OCC. The fourth-order valence-electron chi connectivity index (χ4n) is 4.47. The second-order valence-electron chi connectivity index (χ2n) is 7.87. The monoisotopic (exact) mass is 470 g/mol. The van der Waals surface area contributed by atoms with Crippen molar-refractivity contribution in [3.05, 3.63) is 0 Å². The molecular formula is C20H40O8P2. The molecule has 10 heteroatoms. The fourth-order valence-corrected chi connectivity index (χ4v) is 9.95. The number of hydrogen-bond acceptors (Lipinski definition) is 8. The summed E-state index contributed by atoms with van der Waals surface area (Å²) in [5.41, 5.74) is 0. The average Bonchev–Trinajstić information content (AvgIpc) is 2.95. The van der Waals surface area contributed by atoms with Gasteiger partial charge in [-0.2, -0.15) is 0 Å². The Morgan fingerprint density at radius 1 is 0.833 bits per heavy atom. The zero-order chi connectivity index (χ0) is 22.4. The fraction of sp³-hybridized carbons (Fsp3) is 1.00. The van der Waals surface area contributed by atoms with Gasteiger partial charge in [-0.15, -0.1) is 0 Å². The van der Waals surface area contributed by atoms with Gasteiger partial charge in [0.1, 0.15) is 0 Å². The van der Waals surface area contributed by atoms with Crippen LogP contribution in [0.25, 0.3) is 0 Å². The molecule has 1 spiro atoms. The first kappa shape index (κ1) is 26.5. The van der Waals surface area contributed by atoms with Crippen molar-refractivity contribution in [2.75, 3.05) is 26.4 Å². The molecule has 0 bridgehead atoms. The highest BCUT2D eigenvalue weighted by Gasteiger charge is 2.57. The van der Waals surface area contributed by atoms with E-state index in [0.29, 0.717) is 0 Å². The Labute approximate surface area is 181 Å². The van der Waals surface area contributed by atoms with E-state index in [2.05, 4.69) is 0 Å². The van der Waals surface area contributed by atoms with Gasteiger partial charge >= 0.3 is 15.2 Å². The average molecular weight is 470 g/mol. The highest BCUT2D eigenvalue weighted by atomic mass is 31.2. The van der Waals surface area contributed by atoms with E-state index in [-0.39, 0.29) is 51.0 Å². The second kappa shape index (κ2) is 11.4. The first-order chi connectivity index (χ1) is 14.2. The van der Waals surface area contributed by atoms with Gasteiger partial charge in [-0.3, -0.25) is 9.13 Å². The lowest BCUT2D eigenvalue weighted by atomic mass is 9.81. The molecule has 2 fully saturated rings. The van der Waals surface area contributed by atoms with Crippen LogP contribution in [-0.2, 0) is 36.7 Å². The van der Waals surface area contributed by atoms with Crippen molar-refractivity contribution in [2.24, 2.45) is 5.92 Å². The molecule has 178 valence electrons. The zero-order valence-electron chi connectivity index (χ0n) is 19.3. The van der Waals surface area contributed by atoms with Crippen LogP contribution in [0.1, 0.15) is 73.6 Å². The first-order valence-electron chi connectivity index (χ1n) is 11.3. The Morgan fingerprint density at radius 2 is 1.27 bits per heavy atom. The summed E-state index contributed by atoms with van der Waals surface area (Å²) < 4.78 is 62.8. The number of ether oxygens (including phenoxy) is 2. The minimum absolute atomic E-state index is 0.0415. The first-order valence-corrected chi connectivity index (χ1v) is 14.6. The molecule has 1 saturated carbocycles. The summed E-state index contributed by atoms with van der Waals surface area (Å²) in [7, 11) is -7.58. The lowest BCUT2D eigenvalue weighted by Crippen LogP contribution is -2.44. The summed E-state index contributed by atoms with van der Waals surface area (Å²) in [6, 6.07) is 0. The summed E-state index contributed by atoms with van der Waals surface area (Å²) in [5, 5.41) is -1.04. The highest BCUT2D eigenvalue weighted by molar-refractivity contribution is 7.72. The molecule has 1 aliphatic heterocycles. The predicted octanol–water partition coefficient (Wildman–Crippen LogP) is 5.95. The van der Waals surface area contributed by atoms with Gasteiger partial charge in [0.2, 0.25) is 0 Å². The maximum Gasteiger partial charge on any atom is 0.345 e. The van der Waals surface area contributed by atoms with Gasteiger partial charge in [0.15, 0.2) is 11.2 Å². The molecule has 2 rings (SSSR count). The predicted molar refractivity (Wildman–Crippen MR) is 116 cm³/mol. The molecule has 0 aromatic carbocycles. The van der Waals surface area contributed by atoms with E-state index in [0.717, 1.165) is 25.7 Å². The van der Waals surface area contributed by atoms with Crippen molar-refractivity contribution in [1.29, 1.82) is 0 Å². The van der Waals surface area contributed by atoms with Gasteiger partial charge in [0.25, 0.3) is 0 Å². The topological polar surface area (TPSA) is 89.5 Å². The lowest BCUT2D eigenvalue weighted by Gasteiger charge is -2.42. The lowest BCUT2D eigenvalue weighted by molar-refractivity contribution is -0.226. The Balaban J connectivity index is 2.45. The van der Waals surface area contributed by atoms with Crippen molar-refractivity contribution in [3.63, 3.8) is 0 Å². The van der Waals surface area contributed by atoms with Crippen LogP contribution in [-0.4, -0.2) is 49.8 Å². The van der Waals surface area contributed by atoms with Crippen LogP contribution in [0.4, 0.5) is 0 Å². The van der Waals surface area contributed by atoms with Crippen LogP contribution in [0.5, 0.6) is 0 Å². The molecule has 0 N–H and O–H groups in total. The molecule has 1 saturated heterocycles. The minimum Gasteiger partial charge on any atom is -0.344 e. The van der Waals surface area contributed by atoms with Crippen molar-refractivity contribution >= 4 is 15.2 Å². The van der Waals surface area contributed by atoms with Crippen molar-refractivity contribution < 1.29 is 36.7 Å². The van der Waals surface area contributed by atoms with E-state index in [1.54, 1.807) is 27.7 Å². The van der Waals surface area contributed by atoms with Gasteiger partial charge in [0.05, 0.1) is 38.6 Å².